The lowest BCUT2D eigenvalue weighted by Gasteiger charge is -2.12. The average Bonchev–Trinajstić information content (AvgIpc) is 2.69. The molecule has 0 radical (unpaired) electrons. The van der Waals surface area contributed by atoms with E-state index in [-0.39, 0.29) is 11.2 Å². The summed E-state index contributed by atoms with van der Waals surface area (Å²) in [5.74, 6) is 0.710. The Hall–Kier alpha value is -2.79. The van der Waals surface area contributed by atoms with Crippen molar-refractivity contribution >= 4 is 23.4 Å². The fourth-order valence-electron chi connectivity index (χ4n) is 2.27. The maximum absolute atomic E-state index is 12.3. The van der Waals surface area contributed by atoms with Crippen molar-refractivity contribution in [1.82, 2.24) is 4.98 Å². The maximum Gasteiger partial charge on any atom is 0.237 e. The van der Waals surface area contributed by atoms with E-state index in [4.69, 9.17) is 4.74 Å². The number of carbonyl (C=O) groups excluding carboxylic acids is 1. The van der Waals surface area contributed by atoms with Crippen LogP contribution in [-0.4, -0.2) is 16.1 Å². The molecule has 1 heterocycles. The molecule has 26 heavy (non-hydrogen) atoms. The first-order valence-electron chi connectivity index (χ1n) is 8.36. The molecule has 0 saturated heterocycles. The van der Waals surface area contributed by atoms with Crippen LogP contribution in [0.25, 0.3) is 0 Å². The summed E-state index contributed by atoms with van der Waals surface area (Å²) < 4.78 is 5.75. The van der Waals surface area contributed by atoms with Crippen LogP contribution in [0.5, 0.6) is 5.75 Å². The van der Waals surface area contributed by atoms with Gasteiger partial charge in [-0.05, 0) is 48.9 Å². The smallest absolute Gasteiger partial charge is 0.237 e. The van der Waals surface area contributed by atoms with Crippen LogP contribution in [-0.2, 0) is 11.4 Å². The summed E-state index contributed by atoms with van der Waals surface area (Å²) in [6, 6.07) is 23.1. The molecule has 0 fully saturated rings. The Morgan fingerprint density at radius 1 is 1.04 bits per heavy atom. The maximum atomic E-state index is 12.3. The number of benzene rings is 2. The standard InChI is InChI=1S/C21H20N2O2S/c1-16(26-20-9-5-6-14-22-20)21(24)23-18-10-12-19(13-11-18)25-15-17-7-3-2-4-8-17/h2-14,16H,15H2,1H3,(H,23,24). The topological polar surface area (TPSA) is 51.2 Å². The Kier molecular flexibility index (Phi) is 6.28. The third-order valence-electron chi connectivity index (χ3n) is 3.67. The third-order valence-corrected chi connectivity index (χ3v) is 4.73. The number of anilines is 1. The van der Waals surface area contributed by atoms with Crippen molar-refractivity contribution in [1.29, 1.82) is 0 Å². The number of carbonyl (C=O) groups is 1. The molecule has 0 aliphatic carbocycles. The predicted octanol–water partition coefficient (Wildman–Crippen LogP) is 4.78. The second kappa shape index (κ2) is 9.06. The van der Waals surface area contributed by atoms with Crippen LogP contribution in [0.3, 0.4) is 0 Å². The molecule has 0 aliphatic heterocycles. The van der Waals surface area contributed by atoms with Crippen LogP contribution in [0.1, 0.15) is 12.5 Å². The number of aromatic nitrogens is 1. The minimum absolute atomic E-state index is 0.0568. The number of pyridine rings is 1. The van der Waals surface area contributed by atoms with E-state index in [1.54, 1.807) is 6.20 Å². The van der Waals surface area contributed by atoms with Crippen molar-refractivity contribution in [2.24, 2.45) is 0 Å². The summed E-state index contributed by atoms with van der Waals surface area (Å²) in [4.78, 5) is 16.6. The average molecular weight is 364 g/mol. The zero-order valence-corrected chi connectivity index (χ0v) is 15.3. The molecule has 0 spiro atoms. The molecule has 2 aromatic carbocycles. The molecule has 1 unspecified atom stereocenters. The summed E-state index contributed by atoms with van der Waals surface area (Å²) >= 11 is 1.43. The summed E-state index contributed by atoms with van der Waals surface area (Å²) in [5.41, 5.74) is 1.86. The van der Waals surface area contributed by atoms with Gasteiger partial charge >= 0.3 is 0 Å². The summed E-state index contributed by atoms with van der Waals surface area (Å²) in [5, 5.41) is 3.52. The zero-order chi connectivity index (χ0) is 18.2. The highest BCUT2D eigenvalue weighted by atomic mass is 32.2. The monoisotopic (exact) mass is 364 g/mol. The Morgan fingerprint density at radius 2 is 1.77 bits per heavy atom. The predicted molar refractivity (Wildman–Crippen MR) is 105 cm³/mol. The van der Waals surface area contributed by atoms with Gasteiger partial charge < -0.3 is 10.1 Å². The van der Waals surface area contributed by atoms with Crippen molar-refractivity contribution in [3.63, 3.8) is 0 Å². The van der Waals surface area contributed by atoms with Gasteiger partial charge in [0.25, 0.3) is 0 Å². The van der Waals surface area contributed by atoms with Gasteiger partial charge in [-0.2, -0.15) is 0 Å². The molecule has 3 aromatic rings. The van der Waals surface area contributed by atoms with Crippen LogP contribution in [0.4, 0.5) is 5.69 Å². The van der Waals surface area contributed by atoms with Crippen LogP contribution >= 0.6 is 11.8 Å². The first-order chi connectivity index (χ1) is 12.7. The molecule has 4 nitrogen and oxygen atoms in total. The van der Waals surface area contributed by atoms with Crippen molar-refractivity contribution in [3.05, 3.63) is 84.6 Å². The number of ether oxygens (including phenoxy) is 1. The summed E-state index contributed by atoms with van der Waals surface area (Å²) in [6.07, 6.45) is 1.72. The van der Waals surface area contributed by atoms with Crippen LogP contribution < -0.4 is 10.1 Å². The number of nitrogens with one attached hydrogen (secondary N) is 1. The Balaban J connectivity index is 1.51. The highest BCUT2D eigenvalue weighted by Gasteiger charge is 2.15. The molecule has 0 bridgehead atoms. The van der Waals surface area contributed by atoms with Crippen molar-refractivity contribution in [2.75, 3.05) is 5.32 Å². The third kappa shape index (κ3) is 5.36. The Morgan fingerprint density at radius 3 is 2.46 bits per heavy atom. The minimum atomic E-state index is -0.237. The van der Waals surface area contributed by atoms with E-state index >= 15 is 0 Å². The molecule has 132 valence electrons. The number of thioether (sulfide) groups is 1. The zero-order valence-electron chi connectivity index (χ0n) is 14.5. The van der Waals surface area contributed by atoms with Gasteiger partial charge in [0.2, 0.25) is 5.91 Å². The van der Waals surface area contributed by atoms with Gasteiger partial charge in [0.05, 0.1) is 10.3 Å². The summed E-state index contributed by atoms with van der Waals surface area (Å²) in [6.45, 7) is 2.39. The SMILES string of the molecule is CC(Sc1ccccn1)C(=O)Nc1ccc(OCc2ccccc2)cc1. The van der Waals surface area contributed by atoms with Crippen molar-refractivity contribution < 1.29 is 9.53 Å². The first kappa shape index (κ1) is 18.0. The largest absolute Gasteiger partial charge is 0.489 e. The van der Waals surface area contributed by atoms with Crippen LogP contribution in [0.15, 0.2) is 84.0 Å². The number of nitrogens with zero attached hydrogens (tertiary/aromatic N) is 1. The molecule has 0 saturated carbocycles. The van der Waals surface area contributed by atoms with Crippen LogP contribution in [0.2, 0.25) is 0 Å². The molecule has 3 rings (SSSR count). The van der Waals surface area contributed by atoms with Gasteiger partial charge in [0.1, 0.15) is 12.4 Å². The fourth-order valence-corrected chi connectivity index (χ4v) is 3.08. The quantitative estimate of drug-likeness (QED) is 0.613. The number of hydrogen-bond donors (Lipinski definition) is 1. The summed E-state index contributed by atoms with van der Waals surface area (Å²) in [7, 11) is 0. The van der Waals surface area contributed by atoms with Gasteiger partial charge in [-0.3, -0.25) is 4.79 Å². The van der Waals surface area contributed by atoms with E-state index in [0.29, 0.717) is 6.61 Å². The van der Waals surface area contributed by atoms with E-state index in [0.717, 1.165) is 22.0 Å². The van der Waals surface area contributed by atoms with Gasteiger partial charge in [-0.25, -0.2) is 4.98 Å². The normalized spacial score (nSPS) is 11.6. The molecule has 1 N–H and O–H groups in total. The van der Waals surface area contributed by atoms with Crippen molar-refractivity contribution in [2.45, 2.75) is 23.8 Å². The van der Waals surface area contributed by atoms with Crippen molar-refractivity contribution in [3.8, 4) is 5.75 Å². The van der Waals surface area contributed by atoms with Crippen LogP contribution in [0, 0.1) is 0 Å². The van der Waals surface area contributed by atoms with E-state index < -0.39 is 0 Å². The number of hydrogen-bond acceptors (Lipinski definition) is 4. The minimum Gasteiger partial charge on any atom is -0.489 e. The second-order valence-electron chi connectivity index (χ2n) is 5.72. The highest BCUT2D eigenvalue weighted by molar-refractivity contribution is 8.00. The Bertz CT molecular complexity index is 824. The van der Waals surface area contributed by atoms with Gasteiger partial charge in [-0.1, -0.05) is 48.2 Å². The molecule has 1 amide bonds. The lowest BCUT2D eigenvalue weighted by atomic mass is 10.2. The number of rotatable bonds is 7. The molecule has 1 atom stereocenters. The molecular formula is C21H20N2O2S. The van der Waals surface area contributed by atoms with E-state index in [1.807, 2.05) is 79.7 Å². The number of amides is 1. The Labute approximate surface area is 157 Å². The molecule has 0 aliphatic rings. The van der Waals surface area contributed by atoms with E-state index in [2.05, 4.69) is 10.3 Å². The lowest BCUT2D eigenvalue weighted by molar-refractivity contribution is -0.115. The molecule has 1 aromatic heterocycles. The fraction of sp³-hybridized carbons (Fsp3) is 0.143. The molecule has 5 heteroatoms. The highest BCUT2D eigenvalue weighted by Crippen LogP contribution is 2.22. The van der Waals surface area contributed by atoms with E-state index in [9.17, 15) is 4.79 Å². The van der Waals surface area contributed by atoms with Gasteiger partial charge in [-0.15, -0.1) is 0 Å². The van der Waals surface area contributed by atoms with E-state index in [1.165, 1.54) is 11.8 Å². The van der Waals surface area contributed by atoms with Gasteiger partial charge in [0, 0.05) is 11.9 Å². The van der Waals surface area contributed by atoms with Gasteiger partial charge in [0.15, 0.2) is 0 Å². The molecular weight excluding hydrogens is 344 g/mol. The first-order valence-corrected chi connectivity index (χ1v) is 9.24. The second-order valence-corrected chi connectivity index (χ2v) is 7.08. The lowest BCUT2D eigenvalue weighted by Crippen LogP contribution is -2.22.